The molecule has 2 aromatic rings. The van der Waals surface area contributed by atoms with Gasteiger partial charge < -0.3 is 11.1 Å². The topological polar surface area (TPSA) is 134 Å². The van der Waals surface area contributed by atoms with Crippen LogP contribution in [0.3, 0.4) is 0 Å². The minimum atomic E-state index is -0.637. The van der Waals surface area contributed by atoms with E-state index in [-0.39, 0.29) is 53.4 Å². The Balaban J connectivity index is 0.00000264. The molecule has 2 aromatic heterocycles. The summed E-state index contributed by atoms with van der Waals surface area (Å²) >= 11 is 0. The normalized spacial score (nSPS) is 11.5. The lowest BCUT2D eigenvalue weighted by Gasteiger charge is -2.18. The van der Waals surface area contributed by atoms with Crippen LogP contribution in [0.2, 0.25) is 0 Å². The molecule has 2 rings (SSSR count). The summed E-state index contributed by atoms with van der Waals surface area (Å²) in [7, 11) is 0. The number of pyridine rings is 1. The zero-order chi connectivity index (χ0) is 16.3. The lowest BCUT2D eigenvalue weighted by atomic mass is 10.0. The molecule has 5 N–H and O–H groups in total. The number of hydrogen-bond donors (Lipinski definition) is 4. The van der Waals surface area contributed by atoms with Crippen molar-refractivity contribution in [3.63, 3.8) is 0 Å². The molecule has 0 radical (unpaired) electrons. The number of nitrogens with two attached hydrogens (primary N) is 1. The van der Waals surface area contributed by atoms with Gasteiger partial charge in [0.2, 0.25) is 0 Å². The molecular formula is C14H21Cl2N5O3. The highest BCUT2D eigenvalue weighted by atomic mass is 35.5. The maximum Gasteiger partial charge on any atom is 0.327 e. The number of halogens is 2. The van der Waals surface area contributed by atoms with Crippen LogP contribution in [-0.4, -0.2) is 33.4 Å². The quantitative estimate of drug-likeness (QED) is 0.603. The van der Waals surface area contributed by atoms with Crippen molar-refractivity contribution >= 4 is 41.8 Å². The third kappa shape index (κ3) is 5.33. The van der Waals surface area contributed by atoms with Crippen molar-refractivity contribution in [2.75, 3.05) is 6.54 Å². The third-order valence-electron chi connectivity index (χ3n) is 3.23. The summed E-state index contributed by atoms with van der Waals surface area (Å²) in [4.78, 5) is 43.6. The van der Waals surface area contributed by atoms with Gasteiger partial charge in [-0.05, 0) is 18.4 Å². The Kier molecular flexibility index (Phi) is 8.66. The number of rotatable bonds is 5. The Morgan fingerprint density at radius 2 is 1.96 bits per heavy atom. The van der Waals surface area contributed by atoms with Gasteiger partial charge in [0.05, 0.1) is 10.9 Å². The van der Waals surface area contributed by atoms with Crippen LogP contribution in [0.15, 0.2) is 21.9 Å². The number of carbonyl (C=O) groups is 1. The van der Waals surface area contributed by atoms with Crippen LogP contribution in [0.5, 0.6) is 0 Å². The van der Waals surface area contributed by atoms with E-state index in [1.807, 2.05) is 13.8 Å². The zero-order valence-electron chi connectivity index (χ0n) is 13.3. The Morgan fingerprint density at radius 1 is 1.29 bits per heavy atom. The van der Waals surface area contributed by atoms with Crippen molar-refractivity contribution < 1.29 is 4.79 Å². The molecule has 0 aliphatic rings. The van der Waals surface area contributed by atoms with Gasteiger partial charge in [-0.15, -0.1) is 24.8 Å². The van der Waals surface area contributed by atoms with Crippen molar-refractivity contribution in [2.24, 2.45) is 11.7 Å². The van der Waals surface area contributed by atoms with E-state index in [2.05, 4.69) is 20.3 Å². The highest BCUT2D eigenvalue weighted by molar-refractivity contribution is 5.96. The maximum atomic E-state index is 12.2. The number of aromatic nitrogens is 3. The van der Waals surface area contributed by atoms with Gasteiger partial charge in [0.15, 0.2) is 0 Å². The number of nitrogens with zero attached hydrogens (tertiary/aromatic N) is 1. The van der Waals surface area contributed by atoms with Crippen LogP contribution in [0.4, 0.5) is 0 Å². The smallest absolute Gasteiger partial charge is 0.327 e. The molecule has 1 unspecified atom stereocenters. The first kappa shape index (κ1) is 22.1. The van der Waals surface area contributed by atoms with E-state index in [4.69, 9.17) is 5.73 Å². The Hall–Kier alpha value is -1.90. The van der Waals surface area contributed by atoms with E-state index < -0.39 is 11.2 Å². The van der Waals surface area contributed by atoms with E-state index >= 15 is 0 Å². The van der Waals surface area contributed by atoms with E-state index in [0.717, 1.165) is 6.42 Å². The molecule has 0 spiro atoms. The predicted octanol–water partition coefficient (Wildman–Crippen LogP) is 0.558. The van der Waals surface area contributed by atoms with Gasteiger partial charge in [-0.2, -0.15) is 0 Å². The number of fused-ring (bicyclic) bond motifs is 1. The molecule has 0 saturated heterocycles. The van der Waals surface area contributed by atoms with Crippen LogP contribution in [0.1, 0.15) is 30.6 Å². The van der Waals surface area contributed by atoms with Gasteiger partial charge in [0.25, 0.3) is 11.5 Å². The molecular weight excluding hydrogens is 357 g/mol. The third-order valence-corrected chi connectivity index (χ3v) is 3.23. The number of amides is 1. The first-order chi connectivity index (χ1) is 10.4. The Morgan fingerprint density at radius 3 is 2.54 bits per heavy atom. The fourth-order valence-electron chi connectivity index (χ4n) is 2.22. The SMILES string of the molecule is CC(C)CC(CN)NC(=O)c1cnc2[nH]c(=O)[nH]c(=O)c2c1.Cl.Cl. The average Bonchev–Trinajstić information content (AvgIpc) is 2.45. The highest BCUT2D eigenvalue weighted by Crippen LogP contribution is 2.08. The number of aromatic amines is 2. The molecule has 10 heteroatoms. The van der Waals surface area contributed by atoms with Crippen molar-refractivity contribution in [2.45, 2.75) is 26.3 Å². The molecule has 0 aromatic carbocycles. The molecule has 2 heterocycles. The zero-order valence-corrected chi connectivity index (χ0v) is 14.9. The van der Waals surface area contributed by atoms with E-state index in [1.165, 1.54) is 12.3 Å². The molecule has 0 fully saturated rings. The van der Waals surface area contributed by atoms with Gasteiger partial charge in [0, 0.05) is 18.8 Å². The summed E-state index contributed by atoms with van der Waals surface area (Å²) in [5.74, 6) is 0.0487. The molecule has 1 amide bonds. The summed E-state index contributed by atoms with van der Waals surface area (Å²) in [5, 5.41) is 2.97. The van der Waals surface area contributed by atoms with Crippen LogP contribution in [0, 0.1) is 5.92 Å². The summed E-state index contributed by atoms with van der Waals surface area (Å²) in [5.41, 5.74) is 4.82. The summed E-state index contributed by atoms with van der Waals surface area (Å²) < 4.78 is 0. The summed E-state index contributed by atoms with van der Waals surface area (Å²) in [6.45, 7) is 4.42. The average molecular weight is 378 g/mol. The van der Waals surface area contributed by atoms with Crippen molar-refractivity contribution in [3.05, 3.63) is 38.7 Å². The van der Waals surface area contributed by atoms with E-state index in [0.29, 0.717) is 12.5 Å². The molecule has 8 nitrogen and oxygen atoms in total. The van der Waals surface area contributed by atoms with Gasteiger partial charge in [-0.1, -0.05) is 13.8 Å². The molecule has 0 aliphatic carbocycles. The Bertz CT molecular complexity index is 803. The predicted molar refractivity (Wildman–Crippen MR) is 97.2 cm³/mol. The molecule has 0 bridgehead atoms. The van der Waals surface area contributed by atoms with Crippen LogP contribution in [0.25, 0.3) is 11.0 Å². The van der Waals surface area contributed by atoms with E-state index in [9.17, 15) is 14.4 Å². The fourth-order valence-corrected chi connectivity index (χ4v) is 2.22. The molecule has 24 heavy (non-hydrogen) atoms. The number of nitrogens with one attached hydrogen (secondary N) is 3. The van der Waals surface area contributed by atoms with Crippen LogP contribution < -0.4 is 22.3 Å². The van der Waals surface area contributed by atoms with E-state index in [1.54, 1.807) is 0 Å². The lowest BCUT2D eigenvalue weighted by Crippen LogP contribution is -2.41. The fraction of sp³-hybridized carbons (Fsp3) is 0.429. The van der Waals surface area contributed by atoms with Gasteiger partial charge >= 0.3 is 5.69 Å². The molecule has 0 saturated carbocycles. The maximum absolute atomic E-state index is 12.2. The standard InChI is InChI=1S/C14H19N5O3.2ClH/c1-7(2)3-9(5-15)17-12(20)8-4-10-11(16-6-8)18-14(22)19-13(10)21;;/h4,6-7,9H,3,5,15H2,1-2H3,(H,17,20)(H2,16,18,19,21,22);2*1H. The second-order valence-corrected chi connectivity index (χ2v) is 5.56. The molecule has 1 atom stereocenters. The number of hydrogen-bond acceptors (Lipinski definition) is 5. The Labute approximate surface area is 150 Å². The van der Waals surface area contributed by atoms with Crippen molar-refractivity contribution in [1.29, 1.82) is 0 Å². The molecule has 0 aliphatic heterocycles. The monoisotopic (exact) mass is 377 g/mol. The lowest BCUT2D eigenvalue weighted by molar-refractivity contribution is 0.0933. The van der Waals surface area contributed by atoms with Crippen LogP contribution in [-0.2, 0) is 0 Å². The number of H-pyrrole nitrogens is 2. The summed E-state index contributed by atoms with van der Waals surface area (Å²) in [6, 6.07) is 1.26. The largest absolute Gasteiger partial charge is 0.348 e. The summed E-state index contributed by atoms with van der Waals surface area (Å²) in [6.07, 6.45) is 2.08. The number of carbonyl (C=O) groups excluding carboxylic acids is 1. The minimum Gasteiger partial charge on any atom is -0.348 e. The van der Waals surface area contributed by atoms with Crippen LogP contribution >= 0.6 is 24.8 Å². The van der Waals surface area contributed by atoms with Gasteiger partial charge in [-0.3, -0.25) is 19.6 Å². The second kappa shape index (κ2) is 9.41. The first-order valence-electron chi connectivity index (χ1n) is 7.04. The minimum absolute atomic E-state index is 0. The first-order valence-corrected chi connectivity index (χ1v) is 7.04. The van der Waals surface area contributed by atoms with Crippen molar-refractivity contribution in [1.82, 2.24) is 20.3 Å². The highest BCUT2D eigenvalue weighted by Gasteiger charge is 2.15. The van der Waals surface area contributed by atoms with Crippen molar-refractivity contribution in [3.8, 4) is 0 Å². The molecule has 134 valence electrons. The second-order valence-electron chi connectivity index (χ2n) is 5.56. The van der Waals surface area contributed by atoms with Gasteiger partial charge in [0.1, 0.15) is 5.65 Å². The van der Waals surface area contributed by atoms with Gasteiger partial charge in [-0.25, -0.2) is 9.78 Å².